The third kappa shape index (κ3) is 3.91. The molecule has 0 aliphatic carbocycles. The lowest BCUT2D eigenvalue weighted by Gasteiger charge is -2.12. The maximum atomic E-state index is 12.6. The van der Waals surface area contributed by atoms with Crippen molar-refractivity contribution >= 4 is 27.4 Å². The Morgan fingerprint density at radius 1 is 1.15 bits per heavy atom. The molecule has 0 heterocycles. The predicted octanol–water partition coefficient (Wildman–Crippen LogP) is 2.50. The average molecular weight is 380 g/mol. The fraction of sp³-hybridized carbons (Fsp3) is 0.188. The first kappa shape index (κ1) is 19.2. The molecule has 0 unspecified atom stereocenters. The first-order valence-electron chi connectivity index (χ1n) is 7.24. The number of aryl methyl sites for hydroxylation is 1. The predicted molar refractivity (Wildman–Crippen MR) is 93.0 cm³/mol. The summed E-state index contributed by atoms with van der Waals surface area (Å²) in [5.74, 6) is -0.677. The molecular weight excluding hydrogens is 364 g/mol. The van der Waals surface area contributed by atoms with Gasteiger partial charge < -0.3 is 9.47 Å². The number of nitro groups is 1. The minimum atomic E-state index is -4.13. The number of benzene rings is 2. The number of anilines is 1. The standard InChI is InChI=1S/C16H16N2O7S/c1-10-4-5-11(16(19)25-3)8-13(10)17-26(22,23)12-6-7-15(24-2)14(9-12)18(20)21/h4-9,17H,1-3H3. The number of carbonyl (C=O) groups is 1. The first-order chi connectivity index (χ1) is 12.2. The van der Waals surface area contributed by atoms with Crippen LogP contribution >= 0.6 is 0 Å². The summed E-state index contributed by atoms with van der Waals surface area (Å²) < 4.78 is 37.0. The minimum absolute atomic E-state index is 0.0576. The van der Waals surface area contributed by atoms with Gasteiger partial charge in [-0.2, -0.15) is 0 Å². The van der Waals surface area contributed by atoms with Gasteiger partial charge in [-0.3, -0.25) is 14.8 Å². The highest BCUT2D eigenvalue weighted by molar-refractivity contribution is 7.92. The Balaban J connectivity index is 2.45. The van der Waals surface area contributed by atoms with E-state index >= 15 is 0 Å². The number of hydrogen-bond acceptors (Lipinski definition) is 7. The highest BCUT2D eigenvalue weighted by Crippen LogP contribution is 2.30. The van der Waals surface area contributed by atoms with E-state index in [1.54, 1.807) is 13.0 Å². The van der Waals surface area contributed by atoms with E-state index in [0.717, 1.165) is 6.07 Å². The normalized spacial score (nSPS) is 10.9. The van der Waals surface area contributed by atoms with Crippen molar-refractivity contribution in [2.45, 2.75) is 11.8 Å². The van der Waals surface area contributed by atoms with E-state index < -0.39 is 26.6 Å². The molecule has 0 spiro atoms. The molecule has 0 aromatic heterocycles. The molecule has 10 heteroatoms. The SMILES string of the molecule is COC(=O)c1ccc(C)c(NS(=O)(=O)c2ccc(OC)c([N+](=O)[O-])c2)c1. The smallest absolute Gasteiger partial charge is 0.337 e. The number of ether oxygens (including phenoxy) is 2. The Morgan fingerprint density at radius 2 is 1.85 bits per heavy atom. The number of sulfonamides is 1. The summed E-state index contributed by atoms with van der Waals surface area (Å²) in [6.07, 6.45) is 0. The Hall–Kier alpha value is -3.14. The van der Waals surface area contributed by atoms with Gasteiger partial charge in [0.2, 0.25) is 0 Å². The number of esters is 1. The Morgan fingerprint density at radius 3 is 2.42 bits per heavy atom. The van der Waals surface area contributed by atoms with Crippen molar-refractivity contribution in [1.82, 2.24) is 0 Å². The maximum Gasteiger partial charge on any atom is 0.337 e. The molecule has 138 valence electrons. The number of methoxy groups -OCH3 is 2. The van der Waals surface area contributed by atoms with Crippen LogP contribution in [0.2, 0.25) is 0 Å². The van der Waals surface area contributed by atoms with Gasteiger partial charge in [0.1, 0.15) is 0 Å². The van der Waals surface area contributed by atoms with Gasteiger partial charge in [-0.25, -0.2) is 13.2 Å². The zero-order valence-corrected chi connectivity index (χ0v) is 15.0. The van der Waals surface area contributed by atoms with E-state index in [0.29, 0.717) is 5.56 Å². The number of nitrogens with zero attached hydrogens (tertiary/aromatic N) is 1. The van der Waals surface area contributed by atoms with Crippen LogP contribution in [0.15, 0.2) is 41.3 Å². The quantitative estimate of drug-likeness (QED) is 0.464. The highest BCUT2D eigenvalue weighted by Gasteiger charge is 2.23. The number of rotatable bonds is 6. The van der Waals surface area contributed by atoms with Gasteiger partial charge in [-0.15, -0.1) is 0 Å². The Labute approximate surface area is 149 Å². The van der Waals surface area contributed by atoms with Crippen LogP contribution in [0.1, 0.15) is 15.9 Å². The largest absolute Gasteiger partial charge is 0.490 e. The van der Waals surface area contributed by atoms with Gasteiger partial charge in [0, 0.05) is 6.07 Å². The van der Waals surface area contributed by atoms with Crippen molar-refractivity contribution in [2.75, 3.05) is 18.9 Å². The summed E-state index contributed by atoms with van der Waals surface area (Å²) in [5.41, 5.74) is 0.405. The summed E-state index contributed by atoms with van der Waals surface area (Å²) in [7, 11) is -1.67. The average Bonchev–Trinajstić information content (AvgIpc) is 2.61. The molecule has 2 aromatic carbocycles. The van der Waals surface area contributed by atoms with Crippen LogP contribution in [0.25, 0.3) is 0 Å². The van der Waals surface area contributed by atoms with Gasteiger partial charge >= 0.3 is 11.7 Å². The maximum absolute atomic E-state index is 12.6. The molecule has 0 saturated carbocycles. The lowest BCUT2D eigenvalue weighted by molar-refractivity contribution is -0.386. The summed E-state index contributed by atoms with van der Waals surface area (Å²) in [6.45, 7) is 1.65. The molecule has 0 fully saturated rings. The number of nitro benzene ring substituents is 1. The van der Waals surface area contributed by atoms with Gasteiger partial charge in [0.15, 0.2) is 5.75 Å². The molecule has 0 aliphatic rings. The second-order valence-electron chi connectivity index (χ2n) is 5.22. The summed E-state index contributed by atoms with van der Waals surface area (Å²) >= 11 is 0. The van der Waals surface area contributed by atoms with E-state index in [1.807, 2.05) is 0 Å². The van der Waals surface area contributed by atoms with Gasteiger partial charge in [0.25, 0.3) is 10.0 Å². The van der Waals surface area contributed by atoms with Gasteiger partial charge in [0.05, 0.1) is 35.3 Å². The van der Waals surface area contributed by atoms with E-state index in [-0.39, 0.29) is 21.9 Å². The van der Waals surface area contributed by atoms with E-state index in [9.17, 15) is 23.3 Å². The molecule has 0 atom stereocenters. The van der Waals surface area contributed by atoms with Crippen LogP contribution in [-0.2, 0) is 14.8 Å². The van der Waals surface area contributed by atoms with E-state index in [2.05, 4.69) is 9.46 Å². The molecule has 0 radical (unpaired) electrons. The number of carbonyl (C=O) groups excluding carboxylic acids is 1. The van der Waals surface area contributed by atoms with Crippen molar-refractivity contribution in [3.63, 3.8) is 0 Å². The van der Waals surface area contributed by atoms with Crippen LogP contribution in [0.4, 0.5) is 11.4 Å². The van der Waals surface area contributed by atoms with E-state index in [4.69, 9.17) is 4.74 Å². The molecule has 0 bridgehead atoms. The third-order valence-electron chi connectivity index (χ3n) is 3.56. The van der Waals surface area contributed by atoms with Crippen molar-refractivity contribution in [3.8, 4) is 5.75 Å². The Kier molecular flexibility index (Phi) is 5.46. The molecule has 9 nitrogen and oxygen atoms in total. The molecule has 2 rings (SSSR count). The van der Waals surface area contributed by atoms with E-state index in [1.165, 1.54) is 38.5 Å². The monoisotopic (exact) mass is 380 g/mol. The van der Waals surface area contributed by atoms with Crippen LogP contribution in [-0.4, -0.2) is 33.5 Å². The second kappa shape index (κ2) is 7.40. The molecule has 0 aliphatic heterocycles. The van der Waals surface area contributed by atoms with Crippen LogP contribution in [0.3, 0.4) is 0 Å². The third-order valence-corrected chi connectivity index (χ3v) is 4.92. The van der Waals surface area contributed by atoms with Crippen LogP contribution in [0, 0.1) is 17.0 Å². The number of hydrogen-bond donors (Lipinski definition) is 1. The lowest BCUT2D eigenvalue weighted by atomic mass is 10.1. The summed E-state index contributed by atoms with van der Waals surface area (Å²) in [4.78, 5) is 21.7. The Bertz CT molecular complexity index is 971. The minimum Gasteiger partial charge on any atom is -0.490 e. The molecule has 26 heavy (non-hydrogen) atoms. The summed E-state index contributed by atoms with van der Waals surface area (Å²) in [6, 6.07) is 7.67. The summed E-state index contributed by atoms with van der Waals surface area (Å²) in [5, 5.41) is 11.1. The number of nitrogens with one attached hydrogen (secondary N) is 1. The van der Waals surface area contributed by atoms with Gasteiger partial charge in [-0.1, -0.05) is 6.07 Å². The molecule has 2 aromatic rings. The second-order valence-corrected chi connectivity index (χ2v) is 6.90. The fourth-order valence-electron chi connectivity index (χ4n) is 2.16. The molecule has 1 N–H and O–H groups in total. The highest BCUT2D eigenvalue weighted by atomic mass is 32.2. The van der Waals surface area contributed by atoms with Crippen LogP contribution < -0.4 is 9.46 Å². The van der Waals surface area contributed by atoms with Crippen LogP contribution in [0.5, 0.6) is 5.75 Å². The van der Waals surface area contributed by atoms with Crippen molar-refractivity contribution in [2.24, 2.45) is 0 Å². The zero-order valence-electron chi connectivity index (χ0n) is 14.2. The molecular formula is C16H16N2O7S. The lowest BCUT2D eigenvalue weighted by Crippen LogP contribution is -2.15. The van der Waals surface area contributed by atoms with Crippen molar-refractivity contribution in [1.29, 1.82) is 0 Å². The van der Waals surface area contributed by atoms with Crippen molar-refractivity contribution < 1.29 is 27.6 Å². The molecule has 0 amide bonds. The zero-order chi connectivity index (χ0) is 19.5. The molecule has 0 saturated heterocycles. The van der Waals surface area contributed by atoms with Crippen molar-refractivity contribution in [3.05, 3.63) is 57.6 Å². The fourth-order valence-corrected chi connectivity index (χ4v) is 3.30. The first-order valence-corrected chi connectivity index (χ1v) is 8.72. The van der Waals surface area contributed by atoms with Gasteiger partial charge in [-0.05, 0) is 36.8 Å². The topological polar surface area (TPSA) is 125 Å².